The minimum absolute atomic E-state index is 0.374. The van der Waals surface area contributed by atoms with Crippen molar-refractivity contribution < 1.29 is 10.0 Å². The first kappa shape index (κ1) is 26.8. The van der Waals surface area contributed by atoms with Crippen LogP contribution in [0.4, 0.5) is 34.6 Å². The molecule has 4 aromatic carbocycles. The van der Waals surface area contributed by atoms with E-state index >= 15 is 0 Å². The number of hydrogen-bond donors (Lipinski definition) is 3. The number of nitrogens with zero attached hydrogens (tertiary/aromatic N) is 6. The second kappa shape index (κ2) is 12.0. The van der Waals surface area contributed by atoms with Gasteiger partial charge in [-0.1, -0.05) is 36.4 Å². The molecule has 0 fully saturated rings. The largest absolute Gasteiger partial charge is 0.502 e. The molecule has 0 aliphatic rings. The Labute approximate surface area is 247 Å². The highest BCUT2D eigenvalue weighted by Gasteiger charge is 2.14. The fourth-order valence-corrected chi connectivity index (χ4v) is 5.78. The summed E-state index contributed by atoms with van der Waals surface area (Å²) in [5, 5.41) is 27.7. The summed E-state index contributed by atoms with van der Waals surface area (Å²) in [6, 6.07) is 29.0. The van der Waals surface area contributed by atoms with Crippen molar-refractivity contribution in [3.63, 3.8) is 0 Å². The van der Waals surface area contributed by atoms with Crippen LogP contribution in [0, 0.1) is 10.1 Å². The van der Waals surface area contributed by atoms with Gasteiger partial charge in [0.2, 0.25) is 17.1 Å². The van der Waals surface area contributed by atoms with Crippen molar-refractivity contribution >= 4 is 74.2 Å². The third-order valence-electron chi connectivity index (χ3n) is 5.76. The maximum Gasteiger partial charge on any atom is 0.311 e. The SMILES string of the molecule is O=[N+]([O-])c1cc(C=Nc2ccc3nc(Sc4nc(Nc5ccccc5)nc(Nc5ccccc5)n4)sc3c2)ccc1O. The molecule has 13 heteroatoms. The van der Waals surface area contributed by atoms with Crippen LogP contribution >= 0.6 is 23.1 Å². The van der Waals surface area contributed by atoms with Crippen LogP contribution in [-0.4, -0.2) is 36.2 Å². The van der Waals surface area contributed by atoms with Crippen LogP contribution in [0.25, 0.3) is 10.2 Å². The number of aromatic hydroxyl groups is 1. The number of rotatable bonds is 9. The highest BCUT2D eigenvalue weighted by Crippen LogP contribution is 2.35. The van der Waals surface area contributed by atoms with Gasteiger partial charge < -0.3 is 15.7 Å². The zero-order valence-corrected chi connectivity index (χ0v) is 23.2. The molecule has 0 amide bonds. The minimum atomic E-state index is -0.636. The molecule has 3 N–H and O–H groups in total. The molecule has 0 unspecified atom stereocenters. The van der Waals surface area contributed by atoms with Gasteiger partial charge in [0.05, 0.1) is 20.8 Å². The van der Waals surface area contributed by atoms with Gasteiger partial charge in [0, 0.05) is 23.7 Å². The molecule has 0 spiro atoms. The molecule has 2 aromatic heterocycles. The Kier molecular flexibility index (Phi) is 7.66. The third-order valence-corrected chi connectivity index (χ3v) is 7.71. The van der Waals surface area contributed by atoms with Crippen molar-refractivity contribution in [2.75, 3.05) is 10.6 Å². The maximum absolute atomic E-state index is 11.1. The Morgan fingerprint density at radius 2 is 1.50 bits per heavy atom. The molecular weight excluding hydrogens is 573 g/mol. The molecular formula is C29H20N8O3S2. The molecule has 42 heavy (non-hydrogen) atoms. The van der Waals surface area contributed by atoms with Crippen LogP contribution in [0.5, 0.6) is 5.75 Å². The summed E-state index contributed by atoms with van der Waals surface area (Å²) in [7, 11) is 0. The Morgan fingerprint density at radius 1 is 0.833 bits per heavy atom. The highest BCUT2D eigenvalue weighted by atomic mass is 32.2. The van der Waals surface area contributed by atoms with E-state index in [9.17, 15) is 15.2 Å². The zero-order valence-electron chi connectivity index (χ0n) is 21.6. The van der Waals surface area contributed by atoms with Crippen LogP contribution in [0.1, 0.15) is 5.56 Å². The first-order chi connectivity index (χ1) is 20.5. The summed E-state index contributed by atoms with van der Waals surface area (Å²) in [5.41, 5.74) is 3.26. The van der Waals surface area contributed by atoms with Gasteiger partial charge in [-0.25, -0.2) is 4.98 Å². The van der Waals surface area contributed by atoms with Gasteiger partial charge in [0.25, 0.3) is 0 Å². The Morgan fingerprint density at radius 3 is 2.14 bits per heavy atom. The molecule has 0 bridgehead atoms. The monoisotopic (exact) mass is 592 g/mol. The number of phenolic OH excluding ortho intramolecular Hbond substituents is 1. The Hall–Kier alpha value is -5.40. The molecule has 0 saturated heterocycles. The van der Waals surface area contributed by atoms with E-state index < -0.39 is 10.7 Å². The average molecular weight is 593 g/mol. The molecule has 0 radical (unpaired) electrons. The minimum Gasteiger partial charge on any atom is -0.502 e. The fraction of sp³-hybridized carbons (Fsp3) is 0. The van der Waals surface area contributed by atoms with Crippen molar-refractivity contribution in [1.29, 1.82) is 0 Å². The first-order valence-corrected chi connectivity index (χ1v) is 14.1. The molecule has 0 atom stereocenters. The summed E-state index contributed by atoms with van der Waals surface area (Å²) >= 11 is 2.79. The number of anilines is 4. The predicted octanol–water partition coefficient (Wildman–Crippen LogP) is 7.48. The second-order valence-corrected chi connectivity index (χ2v) is 11.0. The van der Waals surface area contributed by atoms with E-state index in [4.69, 9.17) is 4.98 Å². The van der Waals surface area contributed by atoms with E-state index in [0.29, 0.717) is 28.3 Å². The zero-order chi connectivity index (χ0) is 28.9. The summed E-state index contributed by atoms with van der Waals surface area (Å²) < 4.78 is 1.64. The van der Waals surface area contributed by atoms with Crippen molar-refractivity contribution in [3.8, 4) is 5.75 Å². The van der Waals surface area contributed by atoms with E-state index in [1.165, 1.54) is 41.4 Å². The molecule has 0 aliphatic carbocycles. The molecule has 0 aliphatic heterocycles. The number of para-hydroxylation sites is 2. The van der Waals surface area contributed by atoms with Gasteiger partial charge >= 0.3 is 5.69 Å². The topological polar surface area (TPSA) is 151 Å². The van der Waals surface area contributed by atoms with Crippen molar-refractivity contribution in [3.05, 3.63) is 113 Å². The third kappa shape index (κ3) is 6.49. The van der Waals surface area contributed by atoms with Gasteiger partial charge in [0.15, 0.2) is 10.1 Å². The predicted molar refractivity (Wildman–Crippen MR) is 165 cm³/mol. The van der Waals surface area contributed by atoms with Crippen molar-refractivity contribution in [2.24, 2.45) is 4.99 Å². The molecule has 6 aromatic rings. The number of nitro groups is 1. The number of nitro benzene ring substituents is 1. The van der Waals surface area contributed by atoms with Gasteiger partial charge in [0.1, 0.15) is 0 Å². The average Bonchev–Trinajstić information content (AvgIpc) is 3.39. The summed E-state index contributed by atoms with van der Waals surface area (Å²) in [6.07, 6.45) is 1.51. The van der Waals surface area contributed by atoms with Crippen LogP contribution in [0.15, 0.2) is 112 Å². The molecule has 206 valence electrons. The van der Waals surface area contributed by atoms with E-state index in [-0.39, 0.29) is 5.69 Å². The number of phenols is 1. The normalized spacial score (nSPS) is 11.1. The van der Waals surface area contributed by atoms with Crippen LogP contribution in [0.2, 0.25) is 0 Å². The standard InChI is InChI=1S/C29H20N8O3S2/c38-24-14-11-18(15-23(24)37(39)40)17-30-21-12-13-22-25(16-21)41-29(33-22)42-28-35-26(31-19-7-3-1-4-8-19)34-27(36-28)32-20-9-5-2-6-10-20/h1-17,38H,(H2,31,32,34,35,36). The van der Waals surface area contributed by atoms with E-state index in [1.54, 1.807) is 6.07 Å². The van der Waals surface area contributed by atoms with Gasteiger partial charge in [-0.15, -0.1) is 11.3 Å². The summed E-state index contributed by atoms with van der Waals surface area (Å²) in [6.45, 7) is 0. The number of thiazole rings is 1. The van der Waals surface area contributed by atoms with Crippen LogP contribution in [0.3, 0.4) is 0 Å². The summed E-state index contributed by atoms with van der Waals surface area (Å²) in [4.78, 5) is 33.4. The van der Waals surface area contributed by atoms with Gasteiger partial charge in [-0.05, 0) is 71.9 Å². The lowest BCUT2D eigenvalue weighted by Gasteiger charge is -2.09. The summed E-state index contributed by atoms with van der Waals surface area (Å²) in [5.74, 6) is 0.394. The molecule has 0 saturated carbocycles. The number of fused-ring (bicyclic) bond motifs is 1. The molecule has 6 rings (SSSR count). The number of nitrogens with one attached hydrogen (secondary N) is 2. The van der Waals surface area contributed by atoms with Gasteiger partial charge in [-0.3, -0.25) is 15.1 Å². The second-order valence-electron chi connectivity index (χ2n) is 8.74. The number of hydrogen-bond acceptors (Lipinski definition) is 12. The van der Waals surface area contributed by atoms with E-state index in [1.807, 2.05) is 78.9 Å². The first-order valence-electron chi connectivity index (χ1n) is 12.5. The quantitative estimate of drug-likeness (QED) is 0.0875. The lowest BCUT2D eigenvalue weighted by Crippen LogP contribution is -2.05. The van der Waals surface area contributed by atoms with E-state index in [0.717, 1.165) is 25.9 Å². The molecule has 11 nitrogen and oxygen atoms in total. The number of aromatic nitrogens is 4. The number of benzene rings is 4. The molecule has 2 heterocycles. The van der Waals surface area contributed by atoms with Crippen molar-refractivity contribution in [2.45, 2.75) is 9.50 Å². The Balaban J connectivity index is 1.25. The number of aliphatic imine (C=N–C) groups is 1. The smallest absolute Gasteiger partial charge is 0.311 e. The van der Waals surface area contributed by atoms with Gasteiger partial charge in [-0.2, -0.15) is 15.0 Å². The van der Waals surface area contributed by atoms with Crippen molar-refractivity contribution in [1.82, 2.24) is 19.9 Å². The lowest BCUT2D eigenvalue weighted by atomic mass is 10.2. The highest BCUT2D eigenvalue weighted by molar-refractivity contribution is 8.01. The fourth-order valence-electron chi connectivity index (χ4n) is 3.83. The lowest BCUT2D eigenvalue weighted by molar-refractivity contribution is -0.385. The van der Waals surface area contributed by atoms with Crippen LogP contribution < -0.4 is 10.6 Å². The van der Waals surface area contributed by atoms with E-state index in [2.05, 4.69) is 30.6 Å². The Bertz CT molecular complexity index is 1860. The van der Waals surface area contributed by atoms with Crippen LogP contribution in [-0.2, 0) is 0 Å². The maximum atomic E-state index is 11.1.